The van der Waals surface area contributed by atoms with Gasteiger partial charge in [-0.25, -0.2) is 0 Å². The molecule has 2 N–H and O–H groups in total. The summed E-state index contributed by atoms with van der Waals surface area (Å²) in [5, 5.41) is 4.27. The highest BCUT2D eigenvalue weighted by Crippen LogP contribution is 2.50. The number of para-hydroxylation sites is 1. The number of amides is 1. The van der Waals surface area contributed by atoms with Gasteiger partial charge >= 0.3 is 0 Å². The molecule has 0 saturated heterocycles. The number of H-pyrrole nitrogens is 1. The first-order chi connectivity index (χ1) is 13.2. The van der Waals surface area contributed by atoms with Crippen molar-refractivity contribution in [3.05, 3.63) is 59.8 Å². The van der Waals surface area contributed by atoms with Gasteiger partial charge in [-0.1, -0.05) is 24.3 Å². The van der Waals surface area contributed by atoms with Gasteiger partial charge in [0, 0.05) is 23.6 Å². The molecular formula is C22H24N2O3. The van der Waals surface area contributed by atoms with Gasteiger partial charge in [0.1, 0.15) is 0 Å². The Kier molecular flexibility index (Phi) is 4.52. The van der Waals surface area contributed by atoms with Crippen LogP contribution in [0.2, 0.25) is 0 Å². The van der Waals surface area contributed by atoms with Crippen molar-refractivity contribution in [1.29, 1.82) is 0 Å². The standard InChI is InChI=1S/C22H24N2O3/c1-26-19-8-7-15(13-20(19)27-2)9-12-23-21(25)22(10-11-22)17-14-24-18-6-4-3-5-16(17)18/h3-8,13-14,24H,9-12H2,1-2H3,(H,23,25). The van der Waals surface area contributed by atoms with E-state index in [4.69, 9.17) is 9.47 Å². The van der Waals surface area contributed by atoms with Crippen LogP contribution in [0.4, 0.5) is 0 Å². The highest BCUT2D eigenvalue weighted by atomic mass is 16.5. The Hall–Kier alpha value is -2.95. The van der Waals surface area contributed by atoms with Crippen molar-refractivity contribution in [3.63, 3.8) is 0 Å². The summed E-state index contributed by atoms with van der Waals surface area (Å²) in [6.07, 6.45) is 4.54. The molecule has 3 aromatic rings. The van der Waals surface area contributed by atoms with Crippen LogP contribution in [0, 0.1) is 0 Å². The van der Waals surface area contributed by atoms with Crippen molar-refractivity contribution < 1.29 is 14.3 Å². The van der Waals surface area contributed by atoms with Crippen molar-refractivity contribution in [3.8, 4) is 11.5 Å². The van der Waals surface area contributed by atoms with E-state index in [1.54, 1.807) is 14.2 Å². The van der Waals surface area contributed by atoms with Crippen molar-refractivity contribution in [2.75, 3.05) is 20.8 Å². The number of carbonyl (C=O) groups excluding carboxylic acids is 1. The summed E-state index contributed by atoms with van der Waals surface area (Å²) in [5.74, 6) is 1.54. The normalized spacial score (nSPS) is 14.7. The number of benzene rings is 2. The molecule has 0 unspecified atom stereocenters. The van der Waals surface area contributed by atoms with E-state index in [1.165, 1.54) is 0 Å². The molecule has 0 bridgehead atoms. The van der Waals surface area contributed by atoms with Crippen LogP contribution in [0.15, 0.2) is 48.7 Å². The molecule has 1 aliphatic rings. The molecule has 1 aliphatic carbocycles. The Bertz CT molecular complexity index is 973. The maximum Gasteiger partial charge on any atom is 0.230 e. The SMILES string of the molecule is COc1ccc(CCNC(=O)C2(c3c[nH]c4ccccc34)CC2)cc1OC. The number of carbonyl (C=O) groups is 1. The third-order valence-electron chi connectivity index (χ3n) is 5.44. The first-order valence-electron chi connectivity index (χ1n) is 9.24. The molecule has 5 nitrogen and oxygen atoms in total. The van der Waals surface area contributed by atoms with E-state index in [1.807, 2.05) is 42.6 Å². The smallest absolute Gasteiger partial charge is 0.230 e. The molecule has 0 atom stereocenters. The van der Waals surface area contributed by atoms with Crippen LogP contribution in [0.5, 0.6) is 11.5 Å². The second-order valence-electron chi connectivity index (χ2n) is 7.03. The summed E-state index contributed by atoms with van der Waals surface area (Å²) < 4.78 is 10.6. The monoisotopic (exact) mass is 364 g/mol. The topological polar surface area (TPSA) is 63.3 Å². The molecule has 1 heterocycles. The number of aromatic nitrogens is 1. The summed E-state index contributed by atoms with van der Waals surface area (Å²) in [4.78, 5) is 16.2. The molecule has 1 amide bonds. The summed E-state index contributed by atoms with van der Waals surface area (Å²) in [7, 11) is 3.25. The van der Waals surface area contributed by atoms with Crippen LogP contribution in [0.1, 0.15) is 24.0 Å². The lowest BCUT2D eigenvalue weighted by Crippen LogP contribution is -2.35. The minimum absolute atomic E-state index is 0.118. The Balaban J connectivity index is 1.43. The van der Waals surface area contributed by atoms with Crippen LogP contribution in [0.3, 0.4) is 0 Å². The second-order valence-corrected chi connectivity index (χ2v) is 7.03. The lowest BCUT2D eigenvalue weighted by molar-refractivity contribution is -0.123. The van der Waals surface area contributed by atoms with Crippen LogP contribution in [0.25, 0.3) is 10.9 Å². The largest absolute Gasteiger partial charge is 0.493 e. The lowest BCUT2D eigenvalue weighted by atomic mass is 9.94. The minimum atomic E-state index is -0.378. The molecule has 1 fully saturated rings. The highest BCUT2D eigenvalue weighted by molar-refractivity contribution is 5.97. The fourth-order valence-corrected chi connectivity index (χ4v) is 3.74. The third-order valence-corrected chi connectivity index (χ3v) is 5.44. The lowest BCUT2D eigenvalue weighted by Gasteiger charge is -2.15. The summed E-state index contributed by atoms with van der Waals surface area (Å²) in [6, 6.07) is 14.0. The fraction of sp³-hybridized carbons (Fsp3) is 0.318. The minimum Gasteiger partial charge on any atom is -0.493 e. The molecule has 0 spiro atoms. The Morgan fingerprint density at radius 2 is 1.89 bits per heavy atom. The van der Waals surface area contributed by atoms with E-state index >= 15 is 0 Å². The molecule has 2 aromatic carbocycles. The second kappa shape index (κ2) is 6.99. The van der Waals surface area contributed by atoms with Crippen molar-refractivity contribution in [2.24, 2.45) is 0 Å². The van der Waals surface area contributed by atoms with Crippen molar-refractivity contribution in [1.82, 2.24) is 10.3 Å². The maximum absolute atomic E-state index is 12.9. The summed E-state index contributed by atoms with van der Waals surface area (Å²) in [6.45, 7) is 0.596. The van der Waals surface area contributed by atoms with Crippen LogP contribution < -0.4 is 14.8 Å². The molecule has 0 aliphatic heterocycles. The average molecular weight is 364 g/mol. The number of fused-ring (bicyclic) bond motifs is 1. The number of hydrogen-bond acceptors (Lipinski definition) is 3. The number of hydrogen-bond donors (Lipinski definition) is 2. The van der Waals surface area contributed by atoms with Gasteiger partial charge in [0.25, 0.3) is 0 Å². The van der Waals surface area contributed by atoms with Gasteiger partial charge in [0.05, 0.1) is 19.6 Å². The molecular weight excluding hydrogens is 340 g/mol. The van der Waals surface area contributed by atoms with Gasteiger partial charge in [-0.15, -0.1) is 0 Å². The van der Waals surface area contributed by atoms with E-state index in [2.05, 4.69) is 16.4 Å². The van der Waals surface area contributed by atoms with Gasteiger partial charge in [-0.3, -0.25) is 4.79 Å². The molecule has 1 aromatic heterocycles. The third kappa shape index (κ3) is 3.14. The first kappa shape index (κ1) is 17.5. The summed E-state index contributed by atoms with van der Waals surface area (Å²) >= 11 is 0. The van der Waals surface area contributed by atoms with Gasteiger partial charge in [-0.05, 0) is 48.6 Å². The quantitative estimate of drug-likeness (QED) is 0.674. The molecule has 27 heavy (non-hydrogen) atoms. The van der Waals surface area contributed by atoms with E-state index in [-0.39, 0.29) is 11.3 Å². The predicted octanol–water partition coefficient (Wildman–Crippen LogP) is 3.58. The predicted molar refractivity (Wildman–Crippen MR) is 105 cm³/mol. The van der Waals surface area contributed by atoms with Gasteiger partial charge < -0.3 is 19.8 Å². The van der Waals surface area contributed by atoms with Gasteiger partial charge in [0.15, 0.2) is 11.5 Å². The van der Waals surface area contributed by atoms with Crippen LogP contribution in [-0.4, -0.2) is 31.7 Å². The molecule has 5 heteroatoms. The van der Waals surface area contributed by atoms with Crippen molar-refractivity contribution in [2.45, 2.75) is 24.7 Å². The highest BCUT2D eigenvalue weighted by Gasteiger charge is 2.52. The zero-order valence-corrected chi connectivity index (χ0v) is 15.7. The molecule has 0 radical (unpaired) electrons. The zero-order chi connectivity index (χ0) is 18.9. The van der Waals surface area contributed by atoms with E-state index in [0.717, 1.165) is 41.3 Å². The summed E-state index contributed by atoms with van der Waals surface area (Å²) in [5.41, 5.74) is 2.92. The van der Waals surface area contributed by atoms with Crippen molar-refractivity contribution >= 4 is 16.8 Å². The molecule has 4 rings (SSSR count). The number of rotatable bonds is 7. The zero-order valence-electron chi connectivity index (χ0n) is 15.7. The number of aromatic amines is 1. The molecule has 140 valence electrons. The number of nitrogens with one attached hydrogen (secondary N) is 2. The van der Waals surface area contributed by atoms with E-state index in [9.17, 15) is 4.79 Å². The Morgan fingerprint density at radius 3 is 2.63 bits per heavy atom. The van der Waals surface area contributed by atoms with E-state index in [0.29, 0.717) is 18.0 Å². The van der Waals surface area contributed by atoms with Gasteiger partial charge in [0.2, 0.25) is 5.91 Å². The first-order valence-corrected chi connectivity index (χ1v) is 9.24. The Morgan fingerprint density at radius 1 is 1.11 bits per heavy atom. The number of ether oxygens (including phenoxy) is 2. The average Bonchev–Trinajstić information content (AvgIpc) is 3.40. The van der Waals surface area contributed by atoms with Gasteiger partial charge in [-0.2, -0.15) is 0 Å². The fourth-order valence-electron chi connectivity index (χ4n) is 3.74. The number of methoxy groups -OCH3 is 2. The van der Waals surface area contributed by atoms with E-state index < -0.39 is 0 Å². The molecule has 1 saturated carbocycles. The van der Waals surface area contributed by atoms with Crippen LogP contribution in [-0.2, 0) is 16.6 Å². The Labute approximate surface area is 158 Å². The maximum atomic E-state index is 12.9. The van der Waals surface area contributed by atoms with Crippen LogP contribution >= 0.6 is 0 Å².